The van der Waals surface area contributed by atoms with Crippen molar-refractivity contribution in [3.63, 3.8) is 0 Å². The fourth-order valence-corrected chi connectivity index (χ4v) is 3.01. The van der Waals surface area contributed by atoms with Crippen molar-refractivity contribution in [1.29, 1.82) is 0 Å². The van der Waals surface area contributed by atoms with Crippen LogP contribution in [-0.4, -0.2) is 19.7 Å². The number of thioether (sulfide) groups is 1. The van der Waals surface area contributed by atoms with E-state index in [1.165, 1.54) is 4.52 Å². The number of aryl methyl sites for hydroxylation is 1. The molecule has 0 fully saturated rings. The van der Waals surface area contributed by atoms with Crippen molar-refractivity contribution in [1.82, 2.24) is 14.6 Å². The Morgan fingerprint density at radius 1 is 1.30 bits per heavy atom. The van der Waals surface area contributed by atoms with Crippen LogP contribution in [-0.2, 0) is 5.75 Å². The van der Waals surface area contributed by atoms with Gasteiger partial charge in [0.05, 0.1) is 11.4 Å². The molecular formula is C14H12ClN3OS. The first-order valence-corrected chi connectivity index (χ1v) is 7.42. The van der Waals surface area contributed by atoms with Crippen molar-refractivity contribution >= 4 is 29.0 Å². The van der Waals surface area contributed by atoms with Gasteiger partial charge in [0.1, 0.15) is 0 Å². The maximum absolute atomic E-state index is 9.94. The van der Waals surface area contributed by atoms with E-state index in [1.54, 1.807) is 17.8 Å². The van der Waals surface area contributed by atoms with E-state index >= 15 is 0 Å². The SMILES string of the molecule is Cc1cc2nc(CSc3cccc(Cl)c3)cc(O)n2n1. The molecule has 1 N–H and O–H groups in total. The van der Waals surface area contributed by atoms with E-state index in [9.17, 15) is 5.11 Å². The maximum atomic E-state index is 9.94. The highest BCUT2D eigenvalue weighted by Gasteiger charge is 2.07. The Kier molecular flexibility index (Phi) is 3.54. The molecule has 0 spiro atoms. The number of rotatable bonds is 3. The second kappa shape index (κ2) is 5.34. The van der Waals surface area contributed by atoms with Crippen molar-refractivity contribution in [3.05, 3.63) is 52.8 Å². The molecule has 0 radical (unpaired) electrons. The largest absolute Gasteiger partial charge is 0.493 e. The molecule has 0 aliphatic carbocycles. The number of nitrogens with zero attached hydrogens (tertiary/aromatic N) is 3. The van der Waals surface area contributed by atoms with Gasteiger partial charge in [0.15, 0.2) is 5.65 Å². The van der Waals surface area contributed by atoms with Crippen LogP contribution >= 0.6 is 23.4 Å². The Bertz CT molecular complexity index is 772. The van der Waals surface area contributed by atoms with Gasteiger partial charge in [0.2, 0.25) is 5.88 Å². The minimum absolute atomic E-state index is 0.102. The summed E-state index contributed by atoms with van der Waals surface area (Å²) in [6, 6.07) is 11.1. The molecule has 0 amide bonds. The standard InChI is InChI=1S/C14H12ClN3OS/c1-9-5-13-16-11(7-14(19)18(13)17-9)8-20-12-4-2-3-10(15)6-12/h2-7,19H,8H2,1H3. The first-order chi connectivity index (χ1) is 9.61. The number of aromatic hydroxyl groups is 1. The van der Waals surface area contributed by atoms with Crippen molar-refractivity contribution in [2.24, 2.45) is 0 Å². The molecule has 3 rings (SSSR count). The Morgan fingerprint density at radius 2 is 2.15 bits per heavy atom. The van der Waals surface area contributed by atoms with Gasteiger partial charge in [-0.1, -0.05) is 17.7 Å². The average Bonchev–Trinajstić information content (AvgIpc) is 2.78. The molecule has 0 bridgehead atoms. The van der Waals surface area contributed by atoms with Gasteiger partial charge < -0.3 is 5.11 Å². The van der Waals surface area contributed by atoms with Gasteiger partial charge in [0.25, 0.3) is 0 Å². The third-order valence-electron chi connectivity index (χ3n) is 2.77. The van der Waals surface area contributed by atoms with Crippen LogP contribution in [0.15, 0.2) is 41.3 Å². The van der Waals surface area contributed by atoms with Crippen LogP contribution in [0.4, 0.5) is 0 Å². The Morgan fingerprint density at radius 3 is 2.95 bits per heavy atom. The molecule has 102 valence electrons. The first-order valence-electron chi connectivity index (χ1n) is 6.05. The summed E-state index contributed by atoms with van der Waals surface area (Å²) in [5.41, 5.74) is 2.29. The normalized spacial score (nSPS) is 11.1. The summed E-state index contributed by atoms with van der Waals surface area (Å²) < 4.78 is 1.43. The third kappa shape index (κ3) is 2.73. The molecule has 0 saturated heterocycles. The predicted octanol–water partition coefficient (Wildman–Crippen LogP) is 3.69. The predicted molar refractivity (Wildman–Crippen MR) is 80.4 cm³/mol. The van der Waals surface area contributed by atoms with E-state index in [2.05, 4.69) is 10.1 Å². The van der Waals surface area contributed by atoms with Crippen LogP contribution in [0.25, 0.3) is 5.65 Å². The number of benzene rings is 1. The topological polar surface area (TPSA) is 50.4 Å². The molecule has 2 aromatic heterocycles. The summed E-state index contributed by atoms with van der Waals surface area (Å²) in [5, 5.41) is 14.8. The van der Waals surface area contributed by atoms with Gasteiger partial charge in [-0.2, -0.15) is 9.61 Å². The lowest BCUT2D eigenvalue weighted by molar-refractivity contribution is 0.434. The number of aromatic nitrogens is 3. The number of halogens is 1. The Labute approximate surface area is 125 Å². The van der Waals surface area contributed by atoms with Crippen molar-refractivity contribution in [2.75, 3.05) is 0 Å². The lowest BCUT2D eigenvalue weighted by atomic mass is 10.4. The summed E-state index contributed by atoms with van der Waals surface area (Å²) in [5.74, 6) is 0.763. The summed E-state index contributed by atoms with van der Waals surface area (Å²) in [4.78, 5) is 5.55. The van der Waals surface area contributed by atoms with Gasteiger partial charge >= 0.3 is 0 Å². The summed E-state index contributed by atoms with van der Waals surface area (Å²) in [6.45, 7) is 1.87. The average molecular weight is 306 g/mol. The molecule has 0 aliphatic heterocycles. The van der Waals surface area contributed by atoms with E-state index in [1.807, 2.05) is 37.3 Å². The quantitative estimate of drug-likeness (QED) is 0.750. The minimum atomic E-state index is 0.102. The van der Waals surface area contributed by atoms with E-state index in [4.69, 9.17) is 11.6 Å². The van der Waals surface area contributed by atoms with Gasteiger partial charge in [-0.25, -0.2) is 4.98 Å². The Balaban J connectivity index is 1.84. The van der Waals surface area contributed by atoms with Gasteiger partial charge in [0, 0.05) is 27.8 Å². The number of fused-ring (bicyclic) bond motifs is 1. The number of hydrogen-bond donors (Lipinski definition) is 1. The molecule has 0 aliphatic rings. The summed E-state index contributed by atoms with van der Waals surface area (Å²) in [7, 11) is 0. The second-order valence-electron chi connectivity index (χ2n) is 4.41. The highest BCUT2D eigenvalue weighted by Crippen LogP contribution is 2.26. The van der Waals surface area contributed by atoms with Gasteiger partial charge in [-0.15, -0.1) is 11.8 Å². The molecule has 6 heteroatoms. The van der Waals surface area contributed by atoms with Crippen molar-refractivity contribution < 1.29 is 5.11 Å². The zero-order valence-corrected chi connectivity index (χ0v) is 12.3. The molecule has 4 nitrogen and oxygen atoms in total. The fraction of sp³-hybridized carbons (Fsp3) is 0.143. The number of hydrogen-bond acceptors (Lipinski definition) is 4. The van der Waals surface area contributed by atoms with E-state index < -0.39 is 0 Å². The van der Waals surface area contributed by atoms with E-state index in [0.717, 1.165) is 16.3 Å². The zero-order chi connectivity index (χ0) is 14.1. The third-order valence-corrected chi connectivity index (χ3v) is 4.03. The van der Waals surface area contributed by atoms with Crippen molar-refractivity contribution in [2.45, 2.75) is 17.6 Å². The first kappa shape index (κ1) is 13.3. The smallest absolute Gasteiger partial charge is 0.215 e. The molecule has 20 heavy (non-hydrogen) atoms. The maximum Gasteiger partial charge on any atom is 0.215 e. The molecule has 0 saturated carbocycles. The second-order valence-corrected chi connectivity index (χ2v) is 5.89. The lowest BCUT2D eigenvalue weighted by Gasteiger charge is -2.04. The van der Waals surface area contributed by atoms with Crippen LogP contribution < -0.4 is 0 Å². The molecular weight excluding hydrogens is 294 g/mol. The van der Waals surface area contributed by atoms with Gasteiger partial charge in [-0.05, 0) is 25.1 Å². The van der Waals surface area contributed by atoms with Crippen LogP contribution in [0.5, 0.6) is 5.88 Å². The fourth-order valence-electron chi connectivity index (χ4n) is 1.91. The summed E-state index contributed by atoms with van der Waals surface area (Å²) >= 11 is 7.58. The minimum Gasteiger partial charge on any atom is -0.493 e. The highest BCUT2D eigenvalue weighted by molar-refractivity contribution is 7.98. The van der Waals surface area contributed by atoms with Gasteiger partial charge in [-0.3, -0.25) is 0 Å². The molecule has 2 heterocycles. The highest BCUT2D eigenvalue weighted by atomic mass is 35.5. The van der Waals surface area contributed by atoms with Crippen LogP contribution in [0.1, 0.15) is 11.4 Å². The van der Waals surface area contributed by atoms with Crippen molar-refractivity contribution in [3.8, 4) is 5.88 Å². The zero-order valence-electron chi connectivity index (χ0n) is 10.7. The van der Waals surface area contributed by atoms with Crippen LogP contribution in [0.3, 0.4) is 0 Å². The van der Waals surface area contributed by atoms with E-state index in [-0.39, 0.29) is 5.88 Å². The van der Waals surface area contributed by atoms with Crippen LogP contribution in [0, 0.1) is 6.92 Å². The summed E-state index contributed by atoms with van der Waals surface area (Å²) in [6.07, 6.45) is 0. The monoisotopic (exact) mass is 305 g/mol. The molecule has 0 atom stereocenters. The Hall–Kier alpha value is -1.72. The molecule has 0 unspecified atom stereocenters. The van der Waals surface area contributed by atoms with Crippen LogP contribution in [0.2, 0.25) is 5.02 Å². The molecule has 3 aromatic rings. The molecule has 1 aromatic carbocycles. The lowest BCUT2D eigenvalue weighted by Crippen LogP contribution is -1.95. The van der Waals surface area contributed by atoms with E-state index in [0.29, 0.717) is 16.4 Å².